The van der Waals surface area contributed by atoms with Gasteiger partial charge < -0.3 is 23.9 Å². The highest BCUT2D eigenvalue weighted by Crippen LogP contribution is 2.42. The summed E-state index contributed by atoms with van der Waals surface area (Å²) in [5.41, 5.74) is 2.62. The van der Waals surface area contributed by atoms with Gasteiger partial charge in [-0.3, -0.25) is 0 Å². The smallest absolute Gasteiger partial charge is 0.160 e. The summed E-state index contributed by atoms with van der Waals surface area (Å²) in [5, 5.41) is 19.5. The number of ether oxygens (including phenoxy) is 2. The molecule has 38 heavy (non-hydrogen) atoms. The van der Waals surface area contributed by atoms with Crippen molar-refractivity contribution >= 4 is 21.0 Å². The van der Waals surface area contributed by atoms with E-state index in [-0.39, 0.29) is 22.1 Å². The Bertz CT molecular complexity index is 1010. The molecule has 2 unspecified atom stereocenters. The molecule has 2 rings (SSSR count). The fourth-order valence-corrected chi connectivity index (χ4v) is 8.97. The second-order valence-electron chi connectivity index (χ2n) is 12.0. The summed E-state index contributed by atoms with van der Waals surface area (Å²) in [5.74, 6) is 1.44. The Morgan fingerprint density at radius 3 is 1.79 bits per heavy atom. The molecule has 7 heteroatoms. The van der Waals surface area contributed by atoms with E-state index in [1.807, 2.05) is 24.3 Å². The highest BCUT2D eigenvalue weighted by atomic mass is 32.1. The third kappa shape index (κ3) is 8.85. The molecule has 0 aliphatic rings. The monoisotopic (exact) mass is 562 g/mol. The molecule has 0 aromatic heterocycles. The maximum Gasteiger partial charge on any atom is 0.160 e. The highest BCUT2D eigenvalue weighted by molar-refractivity contribution is 7.75. The molecule has 2 aromatic carbocycles. The van der Waals surface area contributed by atoms with E-state index < -0.39 is 8.07 Å². The van der Waals surface area contributed by atoms with Gasteiger partial charge in [0.25, 0.3) is 0 Å². The molecule has 2 N–H and O–H groups in total. The van der Waals surface area contributed by atoms with Crippen LogP contribution in [0.5, 0.6) is 23.0 Å². The van der Waals surface area contributed by atoms with Crippen LogP contribution in [0.1, 0.15) is 76.8 Å². The van der Waals surface area contributed by atoms with Crippen LogP contribution in [0.15, 0.2) is 36.4 Å². The number of benzene rings is 2. The lowest BCUT2D eigenvalue weighted by atomic mass is 9.76. The first-order chi connectivity index (χ1) is 17.9. The molecule has 0 aliphatic carbocycles. The maximum atomic E-state index is 9.88. The van der Waals surface area contributed by atoms with Gasteiger partial charge in [-0.05, 0) is 106 Å². The fourth-order valence-electron chi connectivity index (χ4n) is 5.50. The largest absolute Gasteiger partial charge is 0.504 e. The number of hydrogen-bond donors (Lipinski definition) is 3. The number of aromatic hydroxyl groups is 2. The van der Waals surface area contributed by atoms with Crippen molar-refractivity contribution in [1.82, 2.24) is 0 Å². The minimum atomic E-state index is -1.78. The summed E-state index contributed by atoms with van der Waals surface area (Å²) in [6, 6.07) is 12.4. The van der Waals surface area contributed by atoms with Crippen LogP contribution in [-0.2, 0) is 17.0 Å². The zero-order valence-corrected chi connectivity index (χ0v) is 26.5. The molecule has 0 saturated carbocycles. The van der Waals surface area contributed by atoms with Crippen LogP contribution in [0, 0.1) is 5.41 Å². The van der Waals surface area contributed by atoms with E-state index in [9.17, 15) is 10.2 Å². The third-order valence-electron chi connectivity index (χ3n) is 8.69. The van der Waals surface area contributed by atoms with Crippen LogP contribution in [0.25, 0.3) is 0 Å². The second-order valence-corrected chi connectivity index (χ2v) is 17.5. The van der Waals surface area contributed by atoms with Gasteiger partial charge in [-0.2, -0.15) is 0 Å². The molecule has 0 spiro atoms. The van der Waals surface area contributed by atoms with Crippen LogP contribution >= 0.6 is 12.9 Å². The van der Waals surface area contributed by atoms with Crippen molar-refractivity contribution in [2.24, 2.45) is 5.41 Å². The van der Waals surface area contributed by atoms with Crippen molar-refractivity contribution < 1.29 is 23.9 Å². The van der Waals surface area contributed by atoms with Crippen molar-refractivity contribution in [3.05, 3.63) is 47.5 Å². The lowest BCUT2D eigenvalue weighted by Crippen LogP contribution is -2.53. The minimum absolute atomic E-state index is 0.180. The van der Waals surface area contributed by atoms with Crippen molar-refractivity contribution in [2.75, 3.05) is 14.2 Å². The molecule has 2 atom stereocenters. The molecule has 5 nitrogen and oxygen atoms in total. The topological polar surface area (TPSA) is 68.2 Å². The van der Waals surface area contributed by atoms with Crippen LogP contribution in [0.2, 0.25) is 19.1 Å². The number of rotatable bonds is 17. The first kappa shape index (κ1) is 32.4. The Kier molecular flexibility index (Phi) is 12.4. The van der Waals surface area contributed by atoms with Crippen molar-refractivity contribution in [3.63, 3.8) is 0 Å². The summed E-state index contributed by atoms with van der Waals surface area (Å²) in [7, 11) is 1.39. The van der Waals surface area contributed by atoms with Gasteiger partial charge in [0.2, 0.25) is 0 Å². The van der Waals surface area contributed by atoms with E-state index in [4.69, 9.17) is 13.7 Å². The summed E-state index contributed by atoms with van der Waals surface area (Å²) in [4.78, 5) is 0. The average Bonchev–Trinajstić information content (AvgIpc) is 2.89. The first-order valence-electron chi connectivity index (χ1n) is 14.0. The predicted molar refractivity (Wildman–Crippen MR) is 164 cm³/mol. The van der Waals surface area contributed by atoms with Crippen molar-refractivity contribution in [2.45, 2.75) is 103 Å². The minimum Gasteiger partial charge on any atom is -0.504 e. The molecule has 0 fully saturated rings. The number of aryl methyl sites for hydroxylation is 2. The molecular formula is C31H50O5SSi. The number of phenolic OH excluding ortho intramolecular Hbond substituents is 2. The van der Waals surface area contributed by atoms with E-state index >= 15 is 0 Å². The molecule has 214 valence electrons. The Hall–Kier alpha value is -1.83. The molecular weight excluding hydrogens is 512 g/mol. The van der Waals surface area contributed by atoms with Gasteiger partial charge in [0.15, 0.2) is 23.0 Å². The summed E-state index contributed by atoms with van der Waals surface area (Å²) < 4.78 is 16.6. The summed E-state index contributed by atoms with van der Waals surface area (Å²) in [6.45, 7) is 11.8. The van der Waals surface area contributed by atoms with Gasteiger partial charge in [-0.1, -0.05) is 58.0 Å². The lowest BCUT2D eigenvalue weighted by Gasteiger charge is -2.43. The number of hydrogen-bond acceptors (Lipinski definition) is 6. The third-order valence-corrected chi connectivity index (χ3v) is 14.1. The standard InChI is InChI=1S/C31H50O5SSi/c1-8-17-30(2,18-9-11-24-13-15-26(32)28(22-24)34-4)19-20-31(3,36-37)38(6,7)21-10-12-25-14-16-27(33)29(23-25)35-5/h13-16,22-23,32-33,37H,8-12,17-21H2,1-7H3. The van der Waals surface area contributed by atoms with Gasteiger partial charge in [-0.15, -0.1) is 0 Å². The van der Waals surface area contributed by atoms with Crippen LogP contribution in [0.4, 0.5) is 0 Å². The van der Waals surface area contributed by atoms with Gasteiger partial charge >= 0.3 is 0 Å². The van der Waals surface area contributed by atoms with Crippen LogP contribution in [-0.4, -0.2) is 37.7 Å². The van der Waals surface area contributed by atoms with Crippen LogP contribution in [0.3, 0.4) is 0 Å². The van der Waals surface area contributed by atoms with Crippen molar-refractivity contribution in [3.8, 4) is 23.0 Å². The SMILES string of the molecule is CCCC(C)(CCCc1ccc(O)c(OC)c1)CCC(C)(OS)[Si](C)(C)CCCc1ccc(O)c(OC)c1. The quantitative estimate of drug-likeness (QED) is 0.102. The lowest BCUT2D eigenvalue weighted by molar-refractivity contribution is 0.143. The van der Waals surface area contributed by atoms with Gasteiger partial charge in [0.05, 0.1) is 27.5 Å². The van der Waals surface area contributed by atoms with Gasteiger partial charge in [0, 0.05) is 0 Å². The Balaban J connectivity index is 1.98. The van der Waals surface area contributed by atoms with Crippen LogP contribution < -0.4 is 9.47 Å². The molecule has 0 saturated heterocycles. The van der Waals surface area contributed by atoms with Crippen molar-refractivity contribution in [1.29, 1.82) is 0 Å². The number of phenols is 2. The molecule has 0 radical (unpaired) electrons. The zero-order valence-electron chi connectivity index (χ0n) is 24.6. The molecule has 0 bridgehead atoms. The van der Waals surface area contributed by atoms with E-state index in [2.05, 4.69) is 46.8 Å². The Labute approximate surface area is 237 Å². The normalized spacial score (nSPS) is 15.1. The van der Waals surface area contributed by atoms with E-state index in [0.29, 0.717) is 11.5 Å². The summed E-state index contributed by atoms with van der Waals surface area (Å²) >= 11 is 4.41. The maximum absolute atomic E-state index is 9.88. The Morgan fingerprint density at radius 2 is 1.32 bits per heavy atom. The molecule has 2 aromatic rings. The number of methoxy groups -OCH3 is 2. The van der Waals surface area contributed by atoms with Gasteiger partial charge in [0.1, 0.15) is 0 Å². The summed E-state index contributed by atoms with van der Waals surface area (Å²) in [6.07, 6.45) is 9.72. The predicted octanol–water partition coefficient (Wildman–Crippen LogP) is 8.52. The van der Waals surface area contributed by atoms with E-state index in [0.717, 1.165) is 51.0 Å². The molecule has 0 amide bonds. The highest BCUT2D eigenvalue weighted by Gasteiger charge is 2.44. The first-order valence-corrected chi connectivity index (χ1v) is 17.5. The molecule has 0 aliphatic heterocycles. The number of thiol groups is 1. The van der Waals surface area contributed by atoms with E-state index in [1.165, 1.54) is 24.0 Å². The fraction of sp³-hybridized carbons (Fsp3) is 0.613. The van der Waals surface area contributed by atoms with E-state index in [1.54, 1.807) is 26.4 Å². The van der Waals surface area contributed by atoms with Gasteiger partial charge in [-0.25, -0.2) is 0 Å². The average molecular weight is 563 g/mol. The molecule has 0 heterocycles. The zero-order chi connectivity index (χ0) is 28.4. The second kappa shape index (κ2) is 14.5. The Morgan fingerprint density at radius 1 is 0.789 bits per heavy atom.